The van der Waals surface area contributed by atoms with Crippen molar-refractivity contribution in [2.45, 2.75) is 44.1 Å². The molecule has 2 aliphatic rings. The molecule has 2 fully saturated rings. The highest BCUT2D eigenvalue weighted by Gasteiger charge is 2.56. The Balaban J connectivity index is 1.76. The van der Waals surface area contributed by atoms with Gasteiger partial charge in [-0.3, -0.25) is 9.59 Å². The molecule has 5 heteroatoms. The van der Waals surface area contributed by atoms with E-state index < -0.39 is 29.1 Å². The van der Waals surface area contributed by atoms with Crippen LogP contribution < -0.4 is 0 Å². The molecule has 3 nitrogen and oxygen atoms in total. The molecule has 0 aromatic heterocycles. The third-order valence-corrected chi connectivity index (χ3v) is 5.50. The molecule has 0 bridgehead atoms. The summed E-state index contributed by atoms with van der Waals surface area (Å²) in [6, 6.07) is 8.90. The predicted octanol–water partition coefficient (Wildman–Crippen LogP) is 4.46. The van der Waals surface area contributed by atoms with Crippen LogP contribution in [0.1, 0.15) is 42.7 Å². The topological polar surface area (TPSA) is 43.4 Å². The highest BCUT2D eigenvalue weighted by Crippen LogP contribution is 2.45. The molecule has 1 saturated carbocycles. The van der Waals surface area contributed by atoms with Crippen molar-refractivity contribution in [2.24, 2.45) is 0 Å². The zero-order chi connectivity index (χ0) is 18.5. The Morgan fingerprint density at radius 2 is 1.62 bits per heavy atom. The summed E-state index contributed by atoms with van der Waals surface area (Å²) < 4.78 is 32.3. The van der Waals surface area contributed by atoms with Gasteiger partial charge in [0, 0.05) is 0 Å². The summed E-state index contributed by atoms with van der Waals surface area (Å²) in [7, 11) is 0. The van der Waals surface area contributed by atoms with Gasteiger partial charge in [0.05, 0.1) is 0 Å². The number of carbonyl (C=O) groups excluding carboxylic acids is 2. The van der Waals surface area contributed by atoms with E-state index in [2.05, 4.69) is 0 Å². The third-order valence-electron chi connectivity index (χ3n) is 5.50. The molecule has 1 unspecified atom stereocenters. The summed E-state index contributed by atoms with van der Waals surface area (Å²) in [6.45, 7) is 1.82. The van der Waals surface area contributed by atoms with E-state index in [1.807, 2.05) is 6.92 Å². The number of ketones is 1. The Morgan fingerprint density at radius 1 is 0.962 bits per heavy atom. The monoisotopic (exact) mass is 356 g/mol. The van der Waals surface area contributed by atoms with E-state index in [1.54, 1.807) is 18.2 Å². The van der Waals surface area contributed by atoms with Crippen molar-refractivity contribution in [2.75, 3.05) is 0 Å². The van der Waals surface area contributed by atoms with Gasteiger partial charge in [-0.1, -0.05) is 18.2 Å². The van der Waals surface area contributed by atoms with Crippen LogP contribution in [0.5, 0.6) is 0 Å². The van der Waals surface area contributed by atoms with Crippen LogP contribution in [-0.2, 0) is 14.3 Å². The van der Waals surface area contributed by atoms with E-state index in [9.17, 15) is 18.4 Å². The summed E-state index contributed by atoms with van der Waals surface area (Å²) in [4.78, 5) is 25.5. The molecule has 2 aromatic carbocycles. The molecule has 4 rings (SSSR count). The maximum atomic E-state index is 13.6. The average molecular weight is 356 g/mol. The third kappa shape index (κ3) is 2.54. The average Bonchev–Trinajstić information content (AvgIpc) is 3.17. The lowest BCUT2D eigenvalue weighted by atomic mass is 9.84. The Labute approximate surface area is 150 Å². The number of hydrogen-bond acceptors (Lipinski definition) is 3. The summed E-state index contributed by atoms with van der Waals surface area (Å²) in [5, 5.41) is 0. The maximum Gasteiger partial charge on any atom is 0.322 e. The van der Waals surface area contributed by atoms with Crippen LogP contribution in [0.2, 0.25) is 0 Å². The lowest BCUT2D eigenvalue weighted by Gasteiger charge is -2.19. The Morgan fingerprint density at radius 3 is 2.31 bits per heavy atom. The van der Waals surface area contributed by atoms with E-state index >= 15 is 0 Å². The highest BCUT2D eigenvalue weighted by atomic mass is 19.2. The number of halogens is 2. The van der Waals surface area contributed by atoms with Crippen LogP contribution in [0.3, 0.4) is 0 Å². The second-order valence-electron chi connectivity index (χ2n) is 7.12. The fourth-order valence-electron chi connectivity index (χ4n) is 4.04. The zero-order valence-corrected chi connectivity index (χ0v) is 14.4. The number of hydrogen-bond donors (Lipinski definition) is 0. The maximum absolute atomic E-state index is 13.6. The van der Waals surface area contributed by atoms with Crippen molar-refractivity contribution >= 4 is 11.8 Å². The summed E-state index contributed by atoms with van der Waals surface area (Å²) >= 11 is 0. The van der Waals surface area contributed by atoms with Crippen molar-refractivity contribution in [1.82, 2.24) is 0 Å². The van der Waals surface area contributed by atoms with E-state index in [1.165, 1.54) is 6.07 Å². The molecule has 1 atom stereocenters. The Hall–Kier alpha value is -2.56. The molecule has 2 aromatic rings. The fraction of sp³-hybridized carbons (Fsp3) is 0.333. The van der Waals surface area contributed by atoms with Gasteiger partial charge in [0.1, 0.15) is 5.92 Å². The lowest BCUT2D eigenvalue weighted by Crippen LogP contribution is -2.33. The number of carbonyl (C=O) groups is 2. The van der Waals surface area contributed by atoms with Gasteiger partial charge in [-0.15, -0.1) is 0 Å². The smallest absolute Gasteiger partial charge is 0.322 e. The predicted molar refractivity (Wildman–Crippen MR) is 91.6 cm³/mol. The van der Waals surface area contributed by atoms with E-state index in [4.69, 9.17) is 4.74 Å². The highest BCUT2D eigenvalue weighted by molar-refractivity contribution is 6.14. The van der Waals surface area contributed by atoms with Crippen molar-refractivity contribution in [1.29, 1.82) is 0 Å². The molecule has 0 amide bonds. The molecule has 1 aliphatic carbocycles. The molecule has 1 heterocycles. The Kier molecular flexibility index (Phi) is 3.90. The zero-order valence-electron chi connectivity index (χ0n) is 14.4. The summed E-state index contributed by atoms with van der Waals surface area (Å²) in [5.41, 5.74) is 1.51. The van der Waals surface area contributed by atoms with Crippen LogP contribution in [0, 0.1) is 18.6 Å². The molecule has 1 aliphatic heterocycles. The molecule has 0 N–H and O–H groups in total. The molecule has 1 saturated heterocycles. The normalized spacial score (nSPS) is 21.4. The first kappa shape index (κ1) is 16.9. The van der Waals surface area contributed by atoms with E-state index in [0.29, 0.717) is 29.5 Å². The molecular formula is C21H18F2O3. The molecule has 26 heavy (non-hydrogen) atoms. The second kappa shape index (κ2) is 6.01. The molecule has 134 valence electrons. The van der Waals surface area contributed by atoms with Gasteiger partial charge < -0.3 is 4.74 Å². The number of ether oxygens (including phenoxy) is 1. The molecular weight excluding hydrogens is 338 g/mol. The minimum absolute atomic E-state index is 0.175. The van der Waals surface area contributed by atoms with E-state index in [0.717, 1.165) is 30.5 Å². The first-order valence-corrected chi connectivity index (χ1v) is 8.74. The minimum atomic E-state index is -0.966. The van der Waals surface area contributed by atoms with Gasteiger partial charge >= 0.3 is 5.97 Å². The fourth-order valence-corrected chi connectivity index (χ4v) is 4.04. The van der Waals surface area contributed by atoms with Gasteiger partial charge in [-0.05, 0) is 73.1 Å². The van der Waals surface area contributed by atoms with Crippen LogP contribution >= 0.6 is 0 Å². The Bertz CT molecular complexity index is 913. The van der Waals surface area contributed by atoms with Crippen LogP contribution in [0.25, 0.3) is 11.1 Å². The van der Waals surface area contributed by atoms with Crippen molar-refractivity contribution in [3.8, 4) is 11.1 Å². The minimum Gasteiger partial charge on any atom is -0.450 e. The van der Waals surface area contributed by atoms with Crippen LogP contribution in [0.4, 0.5) is 8.78 Å². The first-order chi connectivity index (χ1) is 12.4. The standard InChI is InChI=1S/C21H18F2O3/c1-12-4-5-13(14-6-7-16(22)17(23)11-14)10-15(12)18-19(24)21(26-20(18)25)8-2-3-9-21/h4-7,10-11,18H,2-3,8-9H2,1H3. The lowest BCUT2D eigenvalue weighted by molar-refractivity contribution is -0.151. The van der Waals surface area contributed by atoms with Gasteiger partial charge in [0.2, 0.25) is 0 Å². The van der Waals surface area contributed by atoms with Gasteiger partial charge in [-0.25, -0.2) is 8.78 Å². The number of esters is 1. The molecule has 0 radical (unpaired) electrons. The van der Waals surface area contributed by atoms with Crippen LogP contribution in [-0.4, -0.2) is 17.4 Å². The number of aryl methyl sites for hydroxylation is 1. The van der Waals surface area contributed by atoms with Crippen LogP contribution in [0.15, 0.2) is 36.4 Å². The summed E-state index contributed by atoms with van der Waals surface area (Å²) in [5.74, 6) is -3.49. The summed E-state index contributed by atoms with van der Waals surface area (Å²) in [6.07, 6.45) is 2.91. The second-order valence-corrected chi connectivity index (χ2v) is 7.12. The van der Waals surface area contributed by atoms with Gasteiger partial charge in [0.25, 0.3) is 0 Å². The number of rotatable bonds is 2. The van der Waals surface area contributed by atoms with Crippen molar-refractivity contribution in [3.05, 3.63) is 59.2 Å². The largest absolute Gasteiger partial charge is 0.450 e. The van der Waals surface area contributed by atoms with Gasteiger partial charge in [-0.2, -0.15) is 0 Å². The van der Waals surface area contributed by atoms with E-state index in [-0.39, 0.29) is 5.78 Å². The SMILES string of the molecule is Cc1ccc(-c2ccc(F)c(F)c2)cc1C1C(=O)OC2(CCCC2)C1=O. The number of benzene rings is 2. The quantitative estimate of drug-likeness (QED) is 0.589. The molecule has 1 spiro atoms. The first-order valence-electron chi connectivity index (χ1n) is 8.74. The number of Topliss-reactive ketones (excluding diaryl/α,β-unsaturated/α-hetero) is 1. The van der Waals surface area contributed by atoms with Crippen molar-refractivity contribution < 1.29 is 23.1 Å². The van der Waals surface area contributed by atoms with Crippen molar-refractivity contribution in [3.63, 3.8) is 0 Å². The van der Waals surface area contributed by atoms with Gasteiger partial charge in [0.15, 0.2) is 23.0 Å².